The number of nitrogens with zero attached hydrogens (tertiary/aromatic N) is 3. The quantitative estimate of drug-likeness (QED) is 0.399. The lowest BCUT2D eigenvalue weighted by Gasteiger charge is -2.23. The van der Waals surface area contributed by atoms with Crippen molar-refractivity contribution in [2.24, 2.45) is 0 Å². The molecule has 2 aromatic carbocycles. The van der Waals surface area contributed by atoms with Gasteiger partial charge in [0.05, 0.1) is 12.9 Å². The van der Waals surface area contributed by atoms with Gasteiger partial charge in [0.15, 0.2) is 10.9 Å². The summed E-state index contributed by atoms with van der Waals surface area (Å²) in [6.07, 6.45) is 0.460. The smallest absolute Gasteiger partial charge is 0.321 e. The lowest BCUT2D eigenvalue weighted by Crippen LogP contribution is -2.53. The van der Waals surface area contributed by atoms with E-state index < -0.39 is 12.1 Å². The first-order valence-electron chi connectivity index (χ1n) is 9.93. The van der Waals surface area contributed by atoms with E-state index in [4.69, 9.17) is 4.74 Å². The van der Waals surface area contributed by atoms with Gasteiger partial charge in [0.25, 0.3) is 0 Å². The molecule has 1 fully saturated rings. The molecule has 9 nitrogen and oxygen atoms in total. The molecule has 1 aliphatic heterocycles. The zero-order valence-electron chi connectivity index (χ0n) is 17.3. The molecular formula is C22H21N5O4S. The molecule has 0 aliphatic carbocycles. The number of benzene rings is 2. The Morgan fingerprint density at radius 1 is 1.12 bits per heavy atom. The first kappa shape index (κ1) is 21.6. The largest absolute Gasteiger partial charge is 0.497 e. The fourth-order valence-electron chi connectivity index (χ4n) is 3.37. The molecule has 3 amide bonds. The van der Waals surface area contributed by atoms with Crippen LogP contribution in [0.15, 0.2) is 59.8 Å². The summed E-state index contributed by atoms with van der Waals surface area (Å²) in [5.74, 6) is 1.12. The highest BCUT2D eigenvalue weighted by Gasteiger charge is 2.27. The molecule has 0 radical (unpaired) electrons. The Morgan fingerprint density at radius 3 is 2.56 bits per heavy atom. The Balaban J connectivity index is 1.60. The number of imide groups is 1. The van der Waals surface area contributed by atoms with E-state index in [1.54, 1.807) is 19.2 Å². The lowest BCUT2D eigenvalue weighted by atomic mass is 10.1. The van der Waals surface area contributed by atoms with Crippen LogP contribution in [0.2, 0.25) is 0 Å². The molecule has 1 atom stereocenters. The van der Waals surface area contributed by atoms with Gasteiger partial charge in [0.1, 0.15) is 11.6 Å². The molecule has 2 heterocycles. The van der Waals surface area contributed by atoms with Crippen molar-refractivity contribution in [1.29, 1.82) is 0 Å². The highest BCUT2D eigenvalue weighted by atomic mass is 32.2. The number of urea groups is 1. The summed E-state index contributed by atoms with van der Waals surface area (Å²) in [5, 5.41) is 14.1. The maximum absolute atomic E-state index is 12.6. The molecule has 1 aliphatic rings. The number of hydrogen-bond donors (Lipinski definition) is 2. The molecule has 10 heteroatoms. The molecule has 32 heavy (non-hydrogen) atoms. The molecule has 1 saturated heterocycles. The average molecular weight is 452 g/mol. The van der Waals surface area contributed by atoms with Crippen LogP contribution in [0, 0.1) is 0 Å². The number of methoxy groups -OCH3 is 1. The van der Waals surface area contributed by atoms with Crippen LogP contribution in [0.3, 0.4) is 0 Å². The van der Waals surface area contributed by atoms with Crippen molar-refractivity contribution in [2.75, 3.05) is 12.9 Å². The zero-order chi connectivity index (χ0) is 22.5. The zero-order valence-corrected chi connectivity index (χ0v) is 18.1. The van der Waals surface area contributed by atoms with E-state index in [1.165, 1.54) is 11.8 Å². The molecule has 2 N–H and O–H groups in total. The second-order valence-corrected chi connectivity index (χ2v) is 8.08. The molecule has 0 bridgehead atoms. The number of hydrogen-bond acceptors (Lipinski definition) is 7. The number of ketones is 1. The minimum Gasteiger partial charge on any atom is -0.497 e. The Hall–Kier alpha value is -3.66. The van der Waals surface area contributed by atoms with Gasteiger partial charge in [-0.25, -0.2) is 4.79 Å². The summed E-state index contributed by atoms with van der Waals surface area (Å²) < 4.78 is 7.07. The second kappa shape index (κ2) is 9.65. The van der Waals surface area contributed by atoms with Gasteiger partial charge in [-0.1, -0.05) is 42.1 Å². The van der Waals surface area contributed by atoms with Crippen LogP contribution in [-0.2, 0) is 11.2 Å². The number of carbonyl (C=O) groups excluding carboxylic acids is 3. The molecule has 4 rings (SSSR count). The van der Waals surface area contributed by atoms with Crippen molar-refractivity contribution in [2.45, 2.75) is 24.0 Å². The van der Waals surface area contributed by atoms with Crippen LogP contribution in [0.1, 0.15) is 22.6 Å². The molecule has 0 spiro atoms. The summed E-state index contributed by atoms with van der Waals surface area (Å²) in [5.41, 5.74) is 1.42. The Labute approximate surface area is 188 Å². The highest BCUT2D eigenvalue weighted by molar-refractivity contribution is 7.99. The number of amides is 3. The van der Waals surface area contributed by atoms with Crippen LogP contribution in [-0.4, -0.2) is 51.4 Å². The average Bonchev–Trinajstić information content (AvgIpc) is 3.19. The fourth-order valence-corrected chi connectivity index (χ4v) is 4.24. The van der Waals surface area contributed by atoms with Crippen molar-refractivity contribution in [3.8, 4) is 11.4 Å². The van der Waals surface area contributed by atoms with Gasteiger partial charge < -0.3 is 10.1 Å². The Morgan fingerprint density at radius 2 is 1.88 bits per heavy atom. The summed E-state index contributed by atoms with van der Waals surface area (Å²) in [6.45, 7) is 0. The molecular weight excluding hydrogens is 430 g/mol. The van der Waals surface area contributed by atoms with E-state index in [0.29, 0.717) is 28.7 Å². The third-order valence-corrected chi connectivity index (χ3v) is 5.84. The number of aromatic nitrogens is 3. The van der Waals surface area contributed by atoms with Crippen LogP contribution in [0.4, 0.5) is 4.79 Å². The number of Topliss-reactive ketones (excluding diaryl/α,β-unsaturated/α-hetero) is 1. The standard InChI is InChI=1S/C22H21N5O4S/c1-31-17-9-7-16(8-10-17)27-19(11-15-12-20(29)24-21(30)23-15)25-26-22(27)32-13-18(28)14-5-3-2-4-6-14/h2-10,15H,11-13H2,1H3,(H2,23,24,29,30). The van der Waals surface area contributed by atoms with Gasteiger partial charge in [-0.15, -0.1) is 10.2 Å². The summed E-state index contributed by atoms with van der Waals surface area (Å²) in [4.78, 5) is 36.0. The van der Waals surface area contributed by atoms with Gasteiger partial charge >= 0.3 is 6.03 Å². The van der Waals surface area contributed by atoms with E-state index in [2.05, 4.69) is 20.8 Å². The normalized spacial score (nSPS) is 15.7. The third-order valence-electron chi connectivity index (χ3n) is 4.91. The first-order chi connectivity index (χ1) is 15.5. The van der Waals surface area contributed by atoms with Crippen molar-refractivity contribution in [1.82, 2.24) is 25.4 Å². The van der Waals surface area contributed by atoms with Crippen molar-refractivity contribution in [3.05, 3.63) is 66.0 Å². The van der Waals surface area contributed by atoms with Gasteiger partial charge in [-0.05, 0) is 24.3 Å². The molecule has 1 unspecified atom stereocenters. The lowest BCUT2D eigenvalue weighted by molar-refractivity contribution is -0.121. The predicted molar refractivity (Wildman–Crippen MR) is 118 cm³/mol. The maximum atomic E-state index is 12.6. The minimum absolute atomic E-state index is 0.0161. The van der Waals surface area contributed by atoms with Crippen molar-refractivity contribution in [3.63, 3.8) is 0 Å². The fraction of sp³-hybridized carbons (Fsp3) is 0.227. The SMILES string of the molecule is COc1ccc(-n2c(CC3CC(=O)NC(=O)N3)nnc2SCC(=O)c2ccccc2)cc1. The highest BCUT2D eigenvalue weighted by Crippen LogP contribution is 2.25. The van der Waals surface area contributed by atoms with Crippen molar-refractivity contribution < 1.29 is 19.1 Å². The predicted octanol–water partition coefficient (Wildman–Crippen LogP) is 2.39. The molecule has 3 aromatic rings. The molecule has 1 aromatic heterocycles. The minimum atomic E-state index is -0.523. The monoisotopic (exact) mass is 451 g/mol. The van der Waals surface area contributed by atoms with Gasteiger partial charge in [-0.2, -0.15) is 0 Å². The van der Waals surface area contributed by atoms with Gasteiger partial charge in [-0.3, -0.25) is 19.5 Å². The third kappa shape index (κ3) is 4.97. The van der Waals surface area contributed by atoms with E-state index >= 15 is 0 Å². The van der Waals surface area contributed by atoms with E-state index in [0.717, 1.165) is 5.69 Å². The first-order valence-corrected chi connectivity index (χ1v) is 10.9. The molecule has 0 saturated carbocycles. The van der Waals surface area contributed by atoms with E-state index in [-0.39, 0.29) is 23.9 Å². The topological polar surface area (TPSA) is 115 Å². The number of carbonyl (C=O) groups is 3. The van der Waals surface area contributed by atoms with Crippen LogP contribution >= 0.6 is 11.8 Å². The van der Waals surface area contributed by atoms with E-state index in [9.17, 15) is 14.4 Å². The van der Waals surface area contributed by atoms with E-state index in [1.807, 2.05) is 47.0 Å². The number of thioether (sulfide) groups is 1. The summed E-state index contributed by atoms with van der Waals surface area (Å²) >= 11 is 1.28. The van der Waals surface area contributed by atoms with Crippen LogP contribution in [0.5, 0.6) is 5.75 Å². The number of rotatable bonds is 8. The second-order valence-electron chi connectivity index (χ2n) is 7.14. The maximum Gasteiger partial charge on any atom is 0.321 e. The van der Waals surface area contributed by atoms with Crippen LogP contribution < -0.4 is 15.4 Å². The van der Waals surface area contributed by atoms with Gasteiger partial charge in [0.2, 0.25) is 5.91 Å². The van der Waals surface area contributed by atoms with Crippen LogP contribution in [0.25, 0.3) is 5.69 Å². The Bertz CT molecular complexity index is 1110. The summed E-state index contributed by atoms with van der Waals surface area (Å²) in [7, 11) is 1.59. The number of nitrogens with one attached hydrogen (secondary N) is 2. The Kier molecular flexibility index (Phi) is 6.50. The van der Waals surface area contributed by atoms with Crippen molar-refractivity contribution >= 4 is 29.5 Å². The number of ether oxygens (including phenoxy) is 1. The molecule has 164 valence electrons. The summed E-state index contributed by atoms with van der Waals surface area (Å²) in [6, 6.07) is 15.5. The van der Waals surface area contributed by atoms with Gasteiger partial charge in [0, 0.05) is 30.1 Å².